The van der Waals surface area contributed by atoms with E-state index >= 15 is 0 Å². The normalized spacial score (nSPS) is 15.1. The Hall–Kier alpha value is -5.67. The summed E-state index contributed by atoms with van der Waals surface area (Å²) >= 11 is 0. The topological polar surface area (TPSA) is 89.3 Å². The number of amides is 3. The van der Waals surface area contributed by atoms with Crippen LogP contribution in [-0.4, -0.2) is 82.4 Å². The SMILES string of the molecule is Cc1c(C(=O)N(C)c2ccc(O)cc2)cc(-c2cc3c(cc2C(=O)N2Cc4ccccc4C[C@H]2C)CN(C(=O)Cc2ccccc2CCN(C)C)CC3)n1C. The largest absolute Gasteiger partial charge is 0.508 e. The third kappa shape index (κ3) is 7.67. The molecule has 2 aliphatic heterocycles. The van der Waals surface area contributed by atoms with Gasteiger partial charge in [-0.2, -0.15) is 0 Å². The molecule has 2 aliphatic rings. The monoisotopic (exact) mass is 737 g/mol. The van der Waals surface area contributed by atoms with Gasteiger partial charge in [0.15, 0.2) is 0 Å². The van der Waals surface area contributed by atoms with Crippen LogP contribution in [0.1, 0.15) is 66.7 Å². The van der Waals surface area contributed by atoms with Crippen molar-refractivity contribution in [2.24, 2.45) is 7.05 Å². The summed E-state index contributed by atoms with van der Waals surface area (Å²) in [5.74, 6) is -0.0342. The maximum absolute atomic E-state index is 14.9. The summed E-state index contributed by atoms with van der Waals surface area (Å²) in [5.41, 5.74) is 10.9. The van der Waals surface area contributed by atoms with Crippen LogP contribution in [0.15, 0.2) is 91.0 Å². The van der Waals surface area contributed by atoms with Crippen molar-refractivity contribution in [1.29, 1.82) is 0 Å². The molecule has 0 bridgehead atoms. The van der Waals surface area contributed by atoms with E-state index in [9.17, 15) is 19.5 Å². The average Bonchev–Trinajstić information content (AvgIpc) is 3.48. The van der Waals surface area contributed by atoms with E-state index in [-0.39, 0.29) is 29.5 Å². The number of fused-ring (bicyclic) bond motifs is 2. The maximum Gasteiger partial charge on any atom is 0.259 e. The van der Waals surface area contributed by atoms with Crippen molar-refractivity contribution in [3.8, 4) is 17.0 Å². The van der Waals surface area contributed by atoms with Crippen LogP contribution in [0.5, 0.6) is 5.75 Å². The van der Waals surface area contributed by atoms with Crippen molar-refractivity contribution < 1.29 is 19.5 Å². The Morgan fingerprint density at radius 2 is 1.49 bits per heavy atom. The third-order valence-corrected chi connectivity index (χ3v) is 11.6. The van der Waals surface area contributed by atoms with Crippen LogP contribution in [0.25, 0.3) is 11.3 Å². The molecule has 284 valence electrons. The molecule has 1 N–H and O–H groups in total. The first-order chi connectivity index (χ1) is 26.4. The van der Waals surface area contributed by atoms with E-state index in [0.29, 0.717) is 49.3 Å². The lowest BCUT2D eigenvalue weighted by Crippen LogP contribution is -2.43. The number of hydrogen-bond acceptors (Lipinski definition) is 5. The summed E-state index contributed by atoms with van der Waals surface area (Å²) in [6, 6.07) is 29.1. The number of carbonyl (C=O) groups excluding carboxylic acids is 3. The molecule has 0 aliphatic carbocycles. The number of benzene rings is 4. The Morgan fingerprint density at radius 1 is 0.800 bits per heavy atom. The number of phenols is 1. The summed E-state index contributed by atoms with van der Waals surface area (Å²) in [4.78, 5) is 50.4. The van der Waals surface area contributed by atoms with Gasteiger partial charge in [0.2, 0.25) is 5.91 Å². The number of carbonyl (C=O) groups is 3. The number of aromatic nitrogens is 1. The Kier molecular flexibility index (Phi) is 10.7. The number of phenolic OH excluding ortho intramolecular Hbond substituents is 1. The van der Waals surface area contributed by atoms with E-state index in [2.05, 4.69) is 62.3 Å². The van der Waals surface area contributed by atoms with Crippen molar-refractivity contribution in [3.63, 3.8) is 0 Å². The minimum absolute atomic E-state index is 0.0110. The van der Waals surface area contributed by atoms with Gasteiger partial charge in [0.1, 0.15) is 5.75 Å². The highest BCUT2D eigenvalue weighted by Gasteiger charge is 2.32. The van der Waals surface area contributed by atoms with Crippen molar-refractivity contribution in [2.75, 3.05) is 39.1 Å². The van der Waals surface area contributed by atoms with Crippen LogP contribution in [0, 0.1) is 6.92 Å². The highest BCUT2D eigenvalue weighted by atomic mass is 16.3. The van der Waals surface area contributed by atoms with Gasteiger partial charge in [-0.25, -0.2) is 0 Å². The Bertz CT molecular complexity index is 2260. The average molecular weight is 738 g/mol. The van der Waals surface area contributed by atoms with E-state index in [1.807, 2.05) is 58.7 Å². The number of nitrogens with zero attached hydrogens (tertiary/aromatic N) is 5. The summed E-state index contributed by atoms with van der Waals surface area (Å²) in [6.07, 6.45) is 2.65. The van der Waals surface area contributed by atoms with Crippen LogP contribution in [-0.2, 0) is 50.6 Å². The van der Waals surface area contributed by atoms with Crippen LogP contribution < -0.4 is 4.90 Å². The molecule has 9 nitrogen and oxygen atoms in total. The molecule has 7 rings (SSSR count). The lowest BCUT2D eigenvalue weighted by molar-refractivity contribution is -0.131. The van der Waals surface area contributed by atoms with Crippen LogP contribution >= 0.6 is 0 Å². The van der Waals surface area contributed by atoms with Gasteiger partial charge in [0, 0.05) is 74.5 Å². The fourth-order valence-electron chi connectivity index (χ4n) is 8.06. The molecule has 3 heterocycles. The molecule has 9 heteroatoms. The first kappa shape index (κ1) is 37.6. The van der Waals surface area contributed by atoms with Gasteiger partial charge in [-0.05, 0) is 123 Å². The first-order valence-corrected chi connectivity index (χ1v) is 19.2. The maximum atomic E-state index is 14.9. The molecule has 0 saturated heterocycles. The predicted molar refractivity (Wildman–Crippen MR) is 217 cm³/mol. The molecule has 3 amide bonds. The second kappa shape index (κ2) is 15.6. The smallest absolute Gasteiger partial charge is 0.259 e. The Balaban J connectivity index is 1.24. The van der Waals surface area contributed by atoms with Crippen LogP contribution in [0.2, 0.25) is 0 Å². The summed E-state index contributed by atoms with van der Waals surface area (Å²) in [5, 5.41) is 9.80. The predicted octanol–water partition coefficient (Wildman–Crippen LogP) is 6.80. The molecule has 0 saturated carbocycles. The standard InChI is InChI=1S/C46H51N5O4/c1-30-23-33-12-9-10-14-36(33)29-51(30)46(55)42-25-37-28-50(44(53)26-34-13-8-7-11-32(34)19-21-47(3)4)22-20-35(37)24-41(42)43-27-40(31(2)48(43)5)45(54)49(6)38-15-17-39(52)18-16-38/h7-18,24-25,27,30,52H,19-23,26,28-29H2,1-6H3/t30-/m1/s1. The summed E-state index contributed by atoms with van der Waals surface area (Å²) in [7, 11) is 7.78. The summed E-state index contributed by atoms with van der Waals surface area (Å²) in [6.45, 7) is 6.47. The molecule has 0 unspecified atom stereocenters. The van der Waals surface area contributed by atoms with E-state index in [1.165, 1.54) is 11.1 Å². The highest BCUT2D eigenvalue weighted by molar-refractivity contribution is 6.08. The zero-order valence-corrected chi connectivity index (χ0v) is 32.8. The molecular formula is C46H51N5O4. The molecular weight excluding hydrogens is 687 g/mol. The molecule has 1 aromatic heterocycles. The van der Waals surface area contributed by atoms with Crippen molar-refractivity contribution in [2.45, 2.75) is 58.7 Å². The number of anilines is 1. The fourth-order valence-corrected chi connectivity index (χ4v) is 8.06. The minimum Gasteiger partial charge on any atom is -0.508 e. The zero-order chi connectivity index (χ0) is 39.0. The molecule has 0 spiro atoms. The van der Waals surface area contributed by atoms with Gasteiger partial charge < -0.3 is 29.3 Å². The molecule has 55 heavy (non-hydrogen) atoms. The molecule has 1 atom stereocenters. The van der Waals surface area contributed by atoms with Crippen molar-refractivity contribution in [1.82, 2.24) is 19.3 Å². The fraction of sp³-hybridized carbons (Fsp3) is 0.326. The van der Waals surface area contributed by atoms with E-state index in [1.54, 1.807) is 36.2 Å². The third-order valence-electron chi connectivity index (χ3n) is 11.6. The van der Waals surface area contributed by atoms with E-state index in [0.717, 1.165) is 58.6 Å². The van der Waals surface area contributed by atoms with Gasteiger partial charge >= 0.3 is 0 Å². The number of hydrogen-bond donors (Lipinski definition) is 1. The Morgan fingerprint density at radius 3 is 2.22 bits per heavy atom. The Labute approximate surface area is 324 Å². The number of likely N-dealkylation sites (N-methyl/N-ethyl adjacent to an activating group) is 1. The summed E-state index contributed by atoms with van der Waals surface area (Å²) < 4.78 is 2.00. The zero-order valence-electron chi connectivity index (χ0n) is 32.8. The van der Waals surface area contributed by atoms with Crippen LogP contribution in [0.4, 0.5) is 5.69 Å². The number of rotatable bonds is 9. The first-order valence-electron chi connectivity index (χ1n) is 19.2. The second-order valence-corrected chi connectivity index (χ2v) is 15.5. The highest BCUT2D eigenvalue weighted by Crippen LogP contribution is 2.36. The quantitative estimate of drug-likeness (QED) is 0.180. The van der Waals surface area contributed by atoms with Crippen molar-refractivity contribution in [3.05, 3.63) is 141 Å². The molecule has 4 aromatic carbocycles. The lowest BCUT2D eigenvalue weighted by atomic mass is 9.89. The van der Waals surface area contributed by atoms with E-state index in [4.69, 9.17) is 0 Å². The minimum atomic E-state index is -0.186. The van der Waals surface area contributed by atoms with Crippen LogP contribution in [0.3, 0.4) is 0 Å². The van der Waals surface area contributed by atoms with Gasteiger partial charge in [0.25, 0.3) is 11.8 Å². The van der Waals surface area contributed by atoms with Gasteiger partial charge in [-0.1, -0.05) is 48.5 Å². The second-order valence-electron chi connectivity index (χ2n) is 15.5. The lowest BCUT2D eigenvalue weighted by Gasteiger charge is -2.36. The van der Waals surface area contributed by atoms with Gasteiger partial charge in [-0.15, -0.1) is 0 Å². The van der Waals surface area contributed by atoms with Gasteiger partial charge in [-0.3, -0.25) is 14.4 Å². The molecule has 5 aromatic rings. The number of aromatic hydroxyl groups is 1. The molecule has 0 fully saturated rings. The van der Waals surface area contributed by atoms with Gasteiger partial charge in [0.05, 0.1) is 12.0 Å². The molecule has 0 radical (unpaired) electrons. The van der Waals surface area contributed by atoms with E-state index < -0.39 is 0 Å². The van der Waals surface area contributed by atoms with Crippen molar-refractivity contribution >= 4 is 23.4 Å².